The average Bonchev–Trinajstić information content (AvgIpc) is 3.18. The average molecular weight is 425 g/mol. The van der Waals surface area contributed by atoms with Gasteiger partial charge in [-0.05, 0) is 61.4 Å². The minimum atomic E-state index is 0.0379. The Morgan fingerprint density at radius 2 is 2.03 bits per heavy atom. The molecular weight excluding hydrogens is 400 g/mol. The Balaban J connectivity index is 1.32. The third-order valence-electron chi connectivity index (χ3n) is 5.28. The van der Waals surface area contributed by atoms with Gasteiger partial charge in [-0.1, -0.05) is 59.5 Å². The number of hydrogen-bond acceptors (Lipinski definition) is 6. The molecule has 0 saturated carbocycles. The van der Waals surface area contributed by atoms with E-state index in [1.165, 1.54) is 45.4 Å². The van der Waals surface area contributed by atoms with Gasteiger partial charge in [-0.25, -0.2) is 0 Å². The Bertz CT molecular complexity index is 1020. The number of nitrogens with zero attached hydrogens (tertiary/aromatic N) is 2. The van der Waals surface area contributed by atoms with E-state index in [-0.39, 0.29) is 11.9 Å². The van der Waals surface area contributed by atoms with Crippen LogP contribution in [-0.4, -0.2) is 21.9 Å². The number of benzene rings is 2. The summed E-state index contributed by atoms with van der Waals surface area (Å²) in [4.78, 5) is 12.5. The largest absolute Gasteiger partial charge is 0.349 e. The van der Waals surface area contributed by atoms with Crippen molar-refractivity contribution in [3.8, 4) is 0 Å². The zero-order valence-electron chi connectivity index (χ0n) is 16.6. The first-order chi connectivity index (χ1) is 14.1. The smallest absolute Gasteiger partial charge is 0.230 e. The van der Waals surface area contributed by atoms with Gasteiger partial charge in [0.2, 0.25) is 11.0 Å². The molecule has 150 valence electrons. The summed E-state index contributed by atoms with van der Waals surface area (Å²) in [5, 5.41) is 15.7. The van der Waals surface area contributed by atoms with E-state index in [9.17, 15) is 4.79 Å². The Labute approximate surface area is 179 Å². The SMILES string of the molecule is Cc1cccc(Nc2nnc(SCC(=O)N[C@@H]3CCCc4ccccc43)s2)c1C. The fraction of sp³-hybridized carbons (Fsp3) is 0.318. The molecule has 0 fully saturated rings. The molecule has 2 aromatic carbocycles. The number of hydrogen-bond donors (Lipinski definition) is 2. The Kier molecular flexibility index (Phi) is 6.16. The lowest BCUT2D eigenvalue weighted by Gasteiger charge is -2.26. The molecule has 4 rings (SSSR count). The van der Waals surface area contributed by atoms with Crippen molar-refractivity contribution in [3.05, 3.63) is 64.7 Å². The molecule has 29 heavy (non-hydrogen) atoms. The molecule has 0 bridgehead atoms. The topological polar surface area (TPSA) is 66.9 Å². The number of thioether (sulfide) groups is 1. The standard InChI is InChI=1S/C22H24N4OS2/c1-14-7-5-11-18(15(14)2)24-21-25-26-22(29-21)28-13-20(27)23-19-12-6-9-16-8-3-4-10-17(16)19/h3-5,7-8,10-11,19H,6,9,12-13H2,1-2H3,(H,23,27)(H,24,25)/t19-/m1/s1. The van der Waals surface area contributed by atoms with Crippen LogP contribution in [0.4, 0.5) is 10.8 Å². The van der Waals surface area contributed by atoms with Crippen LogP contribution in [0.25, 0.3) is 0 Å². The molecule has 3 aromatic rings. The summed E-state index contributed by atoms with van der Waals surface area (Å²) in [6.45, 7) is 4.17. The van der Waals surface area contributed by atoms with Crippen molar-refractivity contribution >= 4 is 39.8 Å². The second-order valence-electron chi connectivity index (χ2n) is 7.25. The molecule has 1 aliphatic carbocycles. The predicted octanol–water partition coefficient (Wildman–Crippen LogP) is 5.18. The van der Waals surface area contributed by atoms with E-state index in [0.717, 1.165) is 34.4 Å². The number of aryl methyl sites for hydroxylation is 2. The van der Waals surface area contributed by atoms with Crippen LogP contribution in [0.3, 0.4) is 0 Å². The molecule has 0 spiro atoms. The lowest BCUT2D eigenvalue weighted by molar-refractivity contribution is -0.119. The zero-order valence-corrected chi connectivity index (χ0v) is 18.2. The highest BCUT2D eigenvalue weighted by Crippen LogP contribution is 2.31. The van der Waals surface area contributed by atoms with Crippen molar-refractivity contribution in [2.24, 2.45) is 0 Å². The maximum absolute atomic E-state index is 12.5. The highest BCUT2D eigenvalue weighted by molar-refractivity contribution is 8.01. The van der Waals surface area contributed by atoms with Crippen molar-refractivity contribution in [1.29, 1.82) is 0 Å². The van der Waals surface area contributed by atoms with Gasteiger partial charge >= 0.3 is 0 Å². The number of rotatable bonds is 6. The van der Waals surface area contributed by atoms with Gasteiger partial charge in [-0.2, -0.15) is 0 Å². The molecule has 0 unspecified atom stereocenters. The Morgan fingerprint density at radius 3 is 2.93 bits per heavy atom. The van der Waals surface area contributed by atoms with Crippen molar-refractivity contribution in [2.45, 2.75) is 43.5 Å². The summed E-state index contributed by atoms with van der Waals surface area (Å²) in [7, 11) is 0. The molecule has 0 aliphatic heterocycles. The van der Waals surface area contributed by atoms with Crippen molar-refractivity contribution in [3.63, 3.8) is 0 Å². The van der Waals surface area contributed by atoms with Gasteiger partial charge in [0.15, 0.2) is 4.34 Å². The van der Waals surface area contributed by atoms with Crippen LogP contribution in [0.2, 0.25) is 0 Å². The summed E-state index contributed by atoms with van der Waals surface area (Å²) >= 11 is 2.90. The van der Waals surface area contributed by atoms with Crippen molar-refractivity contribution < 1.29 is 4.79 Å². The van der Waals surface area contributed by atoms with E-state index in [4.69, 9.17) is 0 Å². The first-order valence-electron chi connectivity index (χ1n) is 9.77. The third-order valence-corrected chi connectivity index (χ3v) is 7.26. The number of anilines is 2. The second-order valence-corrected chi connectivity index (χ2v) is 9.45. The van der Waals surface area contributed by atoms with E-state index in [2.05, 4.69) is 58.9 Å². The number of aromatic nitrogens is 2. The van der Waals surface area contributed by atoms with Crippen LogP contribution < -0.4 is 10.6 Å². The molecule has 1 aliphatic rings. The predicted molar refractivity (Wildman–Crippen MR) is 120 cm³/mol. The number of amides is 1. The monoisotopic (exact) mass is 424 g/mol. The van der Waals surface area contributed by atoms with Crippen LogP contribution in [0.1, 0.15) is 41.1 Å². The van der Waals surface area contributed by atoms with E-state index < -0.39 is 0 Å². The van der Waals surface area contributed by atoms with E-state index >= 15 is 0 Å². The quantitative estimate of drug-likeness (QED) is 0.534. The highest BCUT2D eigenvalue weighted by atomic mass is 32.2. The summed E-state index contributed by atoms with van der Waals surface area (Å²) < 4.78 is 0.789. The summed E-state index contributed by atoms with van der Waals surface area (Å²) in [6.07, 6.45) is 3.20. The molecule has 1 amide bonds. The molecule has 0 saturated heterocycles. The fourth-order valence-electron chi connectivity index (χ4n) is 3.59. The minimum absolute atomic E-state index is 0.0379. The summed E-state index contributed by atoms with van der Waals surface area (Å²) in [6, 6.07) is 14.7. The lowest BCUT2D eigenvalue weighted by atomic mass is 9.88. The van der Waals surface area contributed by atoms with Gasteiger partial charge in [-0.3, -0.25) is 4.79 Å². The van der Waals surface area contributed by atoms with Gasteiger partial charge in [-0.15, -0.1) is 10.2 Å². The lowest BCUT2D eigenvalue weighted by Crippen LogP contribution is -2.32. The molecule has 5 nitrogen and oxygen atoms in total. The minimum Gasteiger partial charge on any atom is -0.349 e. The molecule has 0 radical (unpaired) electrons. The van der Waals surface area contributed by atoms with Gasteiger partial charge in [0.25, 0.3) is 0 Å². The van der Waals surface area contributed by atoms with E-state index in [1.807, 2.05) is 18.2 Å². The molecule has 7 heteroatoms. The van der Waals surface area contributed by atoms with Gasteiger partial charge in [0, 0.05) is 5.69 Å². The summed E-state index contributed by atoms with van der Waals surface area (Å²) in [5.41, 5.74) is 6.07. The fourth-order valence-corrected chi connectivity index (χ4v) is 5.16. The number of fused-ring (bicyclic) bond motifs is 1. The van der Waals surface area contributed by atoms with Crippen LogP contribution in [0, 0.1) is 13.8 Å². The maximum atomic E-state index is 12.5. The first-order valence-corrected chi connectivity index (χ1v) is 11.6. The normalized spacial score (nSPS) is 15.6. The van der Waals surface area contributed by atoms with Crippen LogP contribution in [0.5, 0.6) is 0 Å². The Morgan fingerprint density at radius 1 is 1.17 bits per heavy atom. The number of carbonyl (C=O) groups is 1. The van der Waals surface area contributed by atoms with Crippen LogP contribution >= 0.6 is 23.1 Å². The van der Waals surface area contributed by atoms with E-state index in [1.54, 1.807) is 0 Å². The van der Waals surface area contributed by atoms with E-state index in [0.29, 0.717) is 5.75 Å². The van der Waals surface area contributed by atoms with Gasteiger partial charge in [0.1, 0.15) is 0 Å². The first kappa shape index (κ1) is 19.9. The van der Waals surface area contributed by atoms with Crippen molar-refractivity contribution in [1.82, 2.24) is 15.5 Å². The molecular formula is C22H24N4OS2. The maximum Gasteiger partial charge on any atom is 0.230 e. The number of nitrogens with one attached hydrogen (secondary N) is 2. The molecule has 1 aromatic heterocycles. The molecule has 2 N–H and O–H groups in total. The van der Waals surface area contributed by atoms with Gasteiger partial charge in [0.05, 0.1) is 11.8 Å². The Hall–Kier alpha value is -2.38. The number of carbonyl (C=O) groups excluding carboxylic acids is 1. The van der Waals surface area contributed by atoms with Gasteiger partial charge < -0.3 is 10.6 Å². The van der Waals surface area contributed by atoms with Crippen LogP contribution in [0.15, 0.2) is 46.8 Å². The second kappa shape index (κ2) is 8.97. The third kappa shape index (κ3) is 4.79. The zero-order chi connectivity index (χ0) is 20.2. The molecule has 1 heterocycles. The summed E-state index contributed by atoms with van der Waals surface area (Å²) in [5.74, 6) is 0.382. The van der Waals surface area contributed by atoms with Crippen molar-refractivity contribution in [2.75, 3.05) is 11.1 Å². The highest BCUT2D eigenvalue weighted by Gasteiger charge is 2.21. The molecule has 1 atom stereocenters. The van der Waals surface area contributed by atoms with Crippen LogP contribution in [-0.2, 0) is 11.2 Å².